The maximum atomic E-state index is 4.68. The first kappa shape index (κ1) is 14.9. The van der Waals surface area contributed by atoms with Crippen LogP contribution >= 0.6 is 0 Å². The van der Waals surface area contributed by atoms with Crippen molar-refractivity contribution < 1.29 is 0 Å². The molecule has 1 saturated carbocycles. The largest absolute Gasteiger partial charge is 0.354 e. The average molecular weight is 291 g/mol. The van der Waals surface area contributed by atoms with E-state index in [1.54, 1.807) is 0 Å². The predicted octanol–water partition coefficient (Wildman–Crippen LogP) is 1.51. The lowest BCUT2D eigenvalue weighted by Crippen LogP contribution is -2.52. The maximum Gasteiger partial charge on any atom is 0.131 e. The van der Waals surface area contributed by atoms with Crippen LogP contribution in [0.15, 0.2) is 0 Å². The Morgan fingerprint density at radius 3 is 2.67 bits per heavy atom. The van der Waals surface area contributed by atoms with Gasteiger partial charge in [-0.1, -0.05) is 6.92 Å². The summed E-state index contributed by atoms with van der Waals surface area (Å²) in [6.45, 7) is 8.74. The molecule has 2 aliphatic rings. The molecule has 1 unspecified atom stereocenters. The molecule has 0 radical (unpaired) electrons. The highest BCUT2D eigenvalue weighted by Gasteiger charge is 2.28. The molecule has 0 aromatic carbocycles. The lowest BCUT2D eigenvalue weighted by atomic mass is 10.1. The summed E-state index contributed by atoms with van der Waals surface area (Å²) >= 11 is 0. The molecule has 1 aliphatic heterocycles. The second kappa shape index (κ2) is 5.97. The van der Waals surface area contributed by atoms with E-state index in [1.807, 2.05) is 0 Å². The van der Waals surface area contributed by atoms with Gasteiger partial charge >= 0.3 is 0 Å². The van der Waals surface area contributed by atoms with Crippen molar-refractivity contribution in [1.29, 1.82) is 0 Å². The third-order valence-corrected chi connectivity index (χ3v) is 5.01. The molecule has 1 N–H and O–H groups in total. The van der Waals surface area contributed by atoms with E-state index in [1.165, 1.54) is 36.3 Å². The Bertz CT molecular complexity index is 491. The van der Waals surface area contributed by atoms with E-state index in [2.05, 4.69) is 52.8 Å². The zero-order chi connectivity index (χ0) is 15.0. The summed E-state index contributed by atoms with van der Waals surface area (Å²) < 4.78 is 2.08. The molecule has 0 amide bonds. The van der Waals surface area contributed by atoms with Crippen molar-refractivity contribution in [2.75, 3.05) is 31.6 Å². The van der Waals surface area contributed by atoms with E-state index < -0.39 is 0 Å². The smallest absolute Gasteiger partial charge is 0.131 e. The zero-order valence-corrected chi connectivity index (χ0v) is 13.9. The summed E-state index contributed by atoms with van der Waals surface area (Å²) in [4.78, 5) is 5.03. The fraction of sp³-hybridized carbons (Fsp3) is 0.812. The zero-order valence-electron chi connectivity index (χ0n) is 13.9. The number of aryl methyl sites for hydroxylation is 2. The molecule has 0 spiro atoms. The highest BCUT2D eigenvalue weighted by atomic mass is 15.4. The summed E-state index contributed by atoms with van der Waals surface area (Å²) in [7, 11) is 4.33. The van der Waals surface area contributed by atoms with E-state index in [4.69, 9.17) is 0 Å². The predicted molar refractivity (Wildman–Crippen MR) is 86.7 cm³/mol. The number of nitrogens with zero attached hydrogens (tertiary/aromatic N) is 4. The Hall–Kier alpha value is -1.07. The first-order chi connectivity index (χ1) is 10.1. The third-order valence-electron chi connectivity index (χ3n) is 5.01. The number of hydrogen-bond acceptors (Lipinski definition) is 4. The second-order valence-electron chi connectivity index (χ2n) is 6.66. The van der Waals surface area contributed by atoms with E-state index >= 15 is 0 Å². The minimum Gasteiger partial charge on any atom is -0.354 e. The van der Waals surface area contributed by atoms with Gasteiger partial charge in [-0.2, -0.15) is 5.10 Å². The first-order valence-electron chi connectivity index (χ1n) is 8.31. The number of rotatable bonds is 5. The van der Waals surface area contributed by atoms with E-state index in [0.29, 0.717) is 6.04 Å². The van der Waals surface area contributed by atoms with Gasteiger partial charge < -0.3 is 10.2 Å². The first-order valence-corrected chi connectivity index (χ1v) is 8.31. The monoisotopic (exact) mass is 291 g/mol. The van der Waals surface area contributed by atoms with Gasteiger partial charge in [0, 0.05) is 50.9 Å². The molecule has 118 valence electrons. The van der Waals surface area contributed by atoms with Crippen molar-refractivity contribution >= 4 is 5.82 Å². The standard InChI is InChI=1S/C16H29N5/c1-5-14-11-21(9-8-19(14)3)16-15(10-17-13-6-7-13)12(2)18-20(16)4/h13-14,17H,5-11H2,1-4H3. The van der Waals surface area contributed by atoms with Gasteiger partial charge in [-0.3, -0.25) is 9.58 Å². The van der Waals surface area contributed by atoms with Gasteiger partial charge in [-0.25, -0.2) is 0 Å². The van der Waals surface area contributed by atoms with E-state index in [9.17, 15) is 0 Å². The number of aromatic nitrogens is 2. The molecule has 1 saturated heterocycles. The van der Waals surface area contributed by atoms with Crippen molar-refractivity contribution in [2.24, 2.45) is 7.05 Å². The summed E-state index contributed by atoms with van der Waals surface area (Å²) in [5.41, 5.74) is 2.57. The molecule has 2 heterocycles. The highest BCUT2D eigenvalue weighted by Crippen LogP contribution is 2.27. The number of hydrogen-bond donors (Lipinski definition) is 1. The molecule has 2 fully saturated rings. The summed E-state index contributed by atoms with van der Waals surface area (Å²) in [6, 6.07) is 1.39. The van der Waals surface area contributed by atoms with Crippen LogP contribution in [0.4, 0.5) is 5.82 Å². The van der Waals surface area contributed by atoms with Crippen molar-refractivity contribution in [1.82, 2.24) is 20.0 Å². The minimum absolute atomic E-state index is 0.651. The molecule has 0 bridgehead atoms. The second-order valence-corrected chi connectivity index (χ2v) is 6.66. The Kier molecular flexibility index (Phi) is 4.22. The Labute approximate surface area is 128 Å². The summed E-state index contributed by atoms with van der Waals surface area (Å²) in [5.74, 6) is 1.33. The molecule has 5 heteroatoms. The fourth-order valence-electron chi connectivity index (χ4n) is 3.41. The quantitative estimate of drug-likeness (QED) is 0.892. The molecule has 21 heavy (non-hydrogen) atoms. The number of likely N-dealkylation sites (N-methyl/N-ethyl adjacent to an activating group) is 1. The van der Waals surface area contributed by atoms with Crippen LogP contribution in [-0.4, -0.2) is 53.4 Å². The Morgan fingerprint density at radius 1 is 1.24 bits per heavy atom. The maximum absolute atomic E-state index is 4.68. The van der Waals surface area contributed by atoms with Crippen LogP contribution in [0.2, 0.25) is 0 Å². The number of piperazine rings is 1. The molecule has 1 aliphatic carbocycles. The Morgan fingerprint density at radius 2 is 2.00 bits per heavy atom. The normalized spacial score (nSPS) is 23.8. The van der Waals surface area contributed by atoms with Crippen LogP contribution in [0.3, 0.4) is 0 Å². The van der Waals surface area contributed by atoms with Crippen molar-refractivity contribution in [3.63, 3.8) is 0 Å². The van der Waals surface area contributed by atoms with Crippen LogP contribution in [0.5, 0.6) is 0 Å². The molecular weight excluding hydrogens is 262 g/mol. The molecule has 3 rings (SSSR count). The van der Waals surface area contributed by atoms with Crippen LogP contribution in [0.25, 0.3) is 0 Å². The van der Waals surface area contributed by atoms with Gasteiger partial charge in [0.25, 0.3) is 0 Å². The summed E-state index contributed by atoms with van der Waals surface area (Å²) in [6.07, 6.45) is 3.88. The Balaban J connectivity index is 1.79. The lowest BCUT2D eigenvalue weighted by Gasteiger charge is -2.40. The van der Waals surface area contributed by atoms with Gasteiger partial charge in [-0.15, -0.1) is 0 Å². The van der Waals surface area contributed by atoms with Crippen LogP contribution < -0.4 is 10.2 Å². The van der Waals surface area contributed by atoms with Crippen LogP contribution in [0, 0.1) is 6.92 Å². The van der Waals surface area contributed by atoms with Crippen molar-refractivity contribution in [2.45, 2.75) is 51.7 Å². The SMILES string of the molecule is CCC1CN(c2c(CNC3CC3)c(C)nn2C)CCN1C. The number of anilines is 1. The number of nitrogens with one attached hydrogen (secondary N) is 1. The molecule has 5 nitrogen and oxygen atoms in total. The summed E-state index contributed by atoms with van der Waals surface area (Å²) in [5, 5.41) is 8.33. The highest BCUT2D eigenvalue weighted by molar-refractivity contribution is 5.51. The van der Waals surface area contributed by atoms with Crippen molar-refractivity contribution in [3.8, 4) is 0 Å². The van der Waals surface area contributed by atoms with Crippen LogP contribution in [-0.2, 0) is 13.6 Å². The fourth-order valence-corrected chi connectivity index (χ4v) is 3.41. The lowest BCUT2D eigenvalue weighted by molar-refractivity contribution is 0.212. The molecular formula is C16H29N5. The molecule has 1 atom stereocenters. The minimum atomic E-state index is 0.651. The molecule has 1 aromatic rings. The molecule has 1 aromatic heterocycles. The topological polar surface area (TPSA) is 36.3 Å². The van der Waals surface area contributed by atoms with Gasteiger partial charge in [0.15, 0.2) is 0 Å². The average Bonchev–Trinajstić information content (AvgIpc) is 3.23. The van der Waals surface area contributed by atoms with E-state index in [0.717, 1.165) is 32.2 Å². The third kappa shape index (κ3) is 3.09. The van der Waals surface area contributed by atoms with Gasteiger partial charge in [0.2, 0.25) is 0 Å². The van der Waals surface area contributed by atoms with E-state index in [-0.39, 0.29) is 0 Å². The van der Waals surface area contributed by atoms with Gasteiger partial charge in [0.05, 0.1) is 5.69 Å². The van der Waals surface area contributed by atoms with Gasteiger partial charge in [-0.05, 0) is 33.2 Å². The van der Waals surface area contributed by atoms with Crippen LogP contribution in [0.1, 0.15) is 37.4 Å². The van der Waals surface area contributed by atoms with Gasteiger partial charge in [0.1, 0.15) is 5.82 Å². The van der Waals surface area contributed by atoms with Crippen molar-refractivity contribution in [3.05, 3.63) is 11.3 Å².